The van der Waals surface area contributed by atoms with E-state index in [0.717, 1.165) is 20.4 Å². The minimum Gasteiger partial charge on any atom is -0.455 e. The fraction of sp³-hybridized carbons (Fsp3) is 0. The van der Waals surface area contributed by atoms with Crippen molar-refractivity contribution in [2.45, 2.75) is 0 Å². The lowest BCUT2D eigenvalue weighted by molar-refractivity contribution is 0.476. The molecule has 4 heteroatoms. The van der Waals surface area contributed by atoms with Gasteiger partial charge in [-0.1, -0.05) is 12.1 Å². The molecule has 0 bridgehead atoms. The molecule has 0 saturated heterocycles. The molecule has 15 heavy (non-hydrogen) atoms. The van der Waals surface area contributed by atoms with Crippen LogP contribution >= 0.6 is 31.9 Å². The lowest BCUT2D eigenvalue weighted by Crippen LogP contribution is -1.86. The zero-order chi connectivity index (χ0) is 10.7. The zero-order valence-electron chi connectivity index (χ0n) is 7.65. The van der Waals surface area contributed by atoms with Crippen LogP contribution in [0.3, 0.4) is 0 Å². The highest BCUT2D eigenvalue weighted by Crippen LogP contribution is 2.32. The van der Waals surface area contributed by atoms with Gasteiger partial charge in [0, 0.05) is 18.5 Å². The summed E-state index contributed by atoms with van der Waals surface area (Å²) in [6.45, 7) is 0. The first-order valence-corrected chi connectivity index (χ1v) is 5.88. The normalized spacial score (nSPS) is 10.0. The van der Waals surface area contributed by atoms with E-state index >= 15 is 0 Å². The first-order chi connectivity index (χ1) is 7.27. The van der Waals surface area contributed by atoms with E-state index in [4.69, 9.17) is 4.74 Å². The number of halogens is 2. The highest BCUT2D eigenvalue weighted by Gasteiger charge is 2.04. The van der Waals surface area contributed by atoms with E-state index in [9.17, 15) is 0 Å². The number of aromatic nitrogens is 1. The van der Waals surface area contributed by atoms with Crippen LogP contribution in [0.2, 0.25) is 0 Å². The Labute approximate surface area is 105 Å². The van der Waals surface area contributed by atoms with E-state index in [-0.39, 0.29) is 0 Å². The highest BCUT2D eigenvalue weighted by atomic mass is 79.9. The Morgan fingerprint density at radius 2 is 1.67 bits per heavy atom. The molecule has 1 aromatic carbocycles. The Bertz CT molecular complexity index is 430. The summed E-state index contributed by atoms with van der Waals surface area (Å²) in [4.78, 5) is 3.97. The lowest BCUT2D eigenvalue weighted by Gasteiger charge is -2.08. The van der Waals surface area contributed by atoms with Gasteiger partial charge in [-0.3, -0.25) is 4.98 Å². The average Bonchev–Trinajstić information content (AvgIpc) is 2.24. The average molecular weight is 329 g/mol. The monoisotopic (exact) mass is 327 g/mol. The first kappa shape index (κ1) is 10.6. The lowest BCUT2D eigenvalue weighted by atomic mass is 10.3. The summed E-state index contributed by atoms with van der Waals surface area (Å²) in [5.74, 6) is 1.53. The SMILES string of the molecule is Brc1ccccc1Oc1ccncc1Br. The Kier molecular flexibility index (Phi) is 3.38. The predicted octanol–water partition coefficient (Wildman–Crippen LogP) is 4.40. The largest absolute Gasteiger partial charge is 0.455 e. The van der Waals surface area contributed by atoms with Crippen molar-refractivity contribution in [2.75, 3.05) is 0 Å². The third-order valence-corrected chi connectivity index (χ3v) is 3.04. The molecule has 2 nitrogen and oxygen atoms in total. The standard InChI is InChI=1S/C11H7Br2NO/c12-8-3-1-2-4-10(8)15-11-5-6-14-7-9(11)13/h1-7H. The van der Waals surface area contributed by atoms with Gasteiger partial charge < -0.3 is 4.74 Å². The minimum atomic E-state index is 0.747. The fourth-order valence-corrected chi connectivity index (χ4v) is 1.79. The first-order valence-electron chi connectivity index (χ1n) is 4.29. The molecular formula is C11H7Br2NO. The Morgan fingerprint density at radius 3 is 2.40 bits per heavy atom. The number of pyridine rings is 1. The number of hydrogen-bond acceptors (Lipinski definition) is 2. The molecular weight excluding hydrogens is 322 g/mol. The molecule has 0 aliphatic carbocycles. The van der Waals surface area contributed by atoms with Crippen LogP contribution in [0.1, 0.15) is 0 Å². The van der Waals surface area contributed by atoms with Crippen LogP contribution in [0, 0.1) is 0 Å². The highest BCUT2D eigenvalue weighted by molar-refractivity contribution is 9.11. The van der Waals surface area contributed by atoms with E-state index in [1.54, 1.807) is 12.4 Å². The van der Waals surface area contributed by atoms with Crippen LogP contribution in [0.4, 0.5) is 0 Å². The molecule has 2 aromatic rings. The molecule has 2 rings (SSSR count). The molecule has 0 fully saturated rings. The predicted molar refractivity (Wildman–Crippen MR) is 66.2 cm³/mol. The second kappa shape index (κ2) is 4.77. The van der Waals surface area contributed by atoms with Gasteiger partial charge in [-0.05, 0) is 44.0 Å². The van der Waals surface area contributed by atoms with Crippen molar-refractivity contribution in [3.05, 3.63) is 51.7 Å². The van der Waals surface area contributed by atoms with Gasteiger partial charge in [0.15, 0.2) is 0 Å². The summed E-state index contributed by atoms with van der Waals surface area (Å²) in [5.41, 5.74) is 0. The van der Waals surface area contributed by atoms with Crippen molar-refractivity contribution in [2.24, 2.45) is 0 Å². The molecule has 0 aliphatic rings. The smallest absolute Gasteiger partial charge is 0.144 e. The van der Waals surface area contributed by atoms with Gasteiger partial charge in [0.05, 0.1) is 8.95 Å². The maximum atomic E-state index is 5.71. The van der Waals surface area contributed by atoms with Crippen LogP contribution in [0.25, 0.3) is 0 Å². The summed E-state index contributed by atoms with van der Waals surface area (Å²) in [7, 11) is 0. The van der Waals surface area contributed by atoms with Crippen molar-refractivity contribution in [1.82, 2.24) is 4.98 Å². The van der Waals surface area contributed by atoms with Crippen molar-refractivity contribution >= 4 is 31.9 Å². The van der Waals surface area contributed by atoms with Gasteiger partial charge in [-0.2, -0.15) is 0 Å². The summed E-state index contributed by atoms with van der Waals surface area (Å²) >= 11 is 6.80. The molecule has 0 N–H and O–H groups in total. The molecule has 0 amide bonds. The van der Waals surface area contributed by atoms with Gasteiger partial charge in [-0.15, -0.1) is 0 Å². The summed E-state index contributed by atoms with van der Waals surface area (Å²) in [6.07, 6.45) is 3.39. The van der Waals surface area contributed by atoms with Gasteiger partial charge in [0.1, 0.15) is 11.5 Å². The molecule has 0 saturated carbocycles. The van der Waals surface area contributed by atoms with Crippen LogP contribution in [-0.2, 0) is 0 Å². The number of para-hydroxylation sites is 1. The molecule has 1 heterocycles. The summed E-state index contributed by atoms with van der Waals surface area (Å²) < 4.78 is 7.46. The molecule has 0 spiro atoms. The topological polar surface area (TPSA) is 22.1 Å². The minimum absolute atomic E-state index is 0.747. The second-order valence-electron chi connectivity index (χ2n) is 2.84. The summed E-state index contributed by atoms with van der Waals surface area (Å²) in [5, 5.41) is 0. The van der Waals surface area contributed by atoms with E-state index in [1.807, 2.05) is 30.3 Å². The maximum absolute atomic E-state index is 5.71. The van der Waals surface area contributed by atoms with E-state index in [2.05, 4.69) is 36.8 Å². The number of nitrogens with zero attached hydrogens (tertiary/aromatic N) is 1. The van der Waals surface area contributed by atoms with Crippen molar-refractivity contribution in [3.63, 3.8) is 0 Å². The van der Waals surface area contributed by atoms with Crippen LogP contribution in [0.15, 0.2) is 51.7 Å². The van der Waals surface area contributed by atoms with E-state index in [0.29, 0.717) is 0 Å². The van der Waals surface area contributed by atoms with Crippen molar-refractivity contribution < 1.29 is 4.74 Å². The van der Waals surface area contributed by atoms with Crippen molar-refractivity contribution in [3.8, 4) is 11.5 Å². The second-order valence-corrected chi connectivity index (χ2v) is 4.55. The van der Waals surface area contributed by atoms with Crippen LogP contribution < -0.4 is 4.74 Å². The quantitative estimate of drug-likeness (QED) is 0.815. The molecule has 0 atom stereocenters. The third kappa shape index (κ3) is 2.58. The fourth-order valence-electron chi connectivity index (χ4n) is 1.09. The van der Waals surface area contributed by atoms with Crippen LogP contribution in [0.5, 0.6) is 11.5 Å². The maximum Gasteiger partial charge on any atom is 0.144 e. The number of rotatable bonds is 2. The van der Waals surface area contributed by atoms with Gasteiger partial charge in [-0.25, -0.2) is 0 Å². The van der Waals surface area contributed by atoms with E-state index in [1.165, 1.54) is 0 Å². The van der Waals surface area contributed by atoms with E-state index < -0.39 is 0 Å². The molecule has 0 unspecified atom stereocenters. The number of hydrogen-bond donors (Lipinski definition) is 0. The Hall–Kier alpha value is -0.870. The van der Waals surface area contributed by atoms with Crippen LogP contribution in [-0.4, -0.2) is 4.98 Å². The summed E-state index contributed by atoms with van der Waals surface area (Å²) in [6, 6.07) is 9.51. The Balaban J connectivity index is 2.30. The van der Waals surface area contributed by atoms with Gasteiger partial charge >= 0.3 is 0 Å². The Morgan fingerprint density at radius 1 is 0.933 bits per heavy atom. The number of ether oxygens (including phenoxy) is 1. The number of benzene rings is 1. The van der Waals surface area contributed by atoms with Gasteiger partial charge in [0.25, 0.3) is 0 Å². The zero-order valence-corrected chi connectivity index (χ0v) is 10.8. The third-order valence-electron chi connectivity index (χ3n) is 1.79. The molecule has 1 aromatic heterocycles. The van der Waals surface area contributed by atoms with Gasteiger partial charge in [0.2, 0.25) is 0 Å². The van der Waals surface area contributed by atoms with Crippen molar-refractivity contribution in [1.29, 1.82) is 0 Å². The molecule has 0 radical (unpaired) electrons. The molecule has 76 valence electrons. The molecule has 0 aliphatic heterocycles.